The summed E-state index contributed by atoms with van der Waals surface area (Å²) in [6.45, 7) is 2.71. The lowest BCUT2D eigenvalue weighted by Gasteiger charge is -2.16. The molecule has 34 heavy (non-hydrogen) atoms. The molecule has 7 nitrogen and oxygen atoms in total. The predicted molar refractivity (Wildman–Crippen MR) is 134 cm³/mol. The Labute approximate surface area is 194 Å². The lowest BCUT2D eigenvalue weighted by atomic mass is 10.1. The summed E-state index contributed by atoms with van der Waals surface area (Å²) < 4.78 is 15.0. The van der Waals surface area contributed by atoms with Crippen LogP contribution >= 0.6 is 0 Å². The molecule has 0 bridgehead atoms. The summed E-state index contributed by atoms with van der Waals surface area (Å²) in [5.74, 6) is 1.91. The number of fused-ring (bicyclic) bond motifs is 6. The van der Waals surface area contributed by atoms with E-state index in [1.807, 2.05) is 71.1 Å². The first-order chi connectivity index (χ1) is 16.7. The van der Waals surface area contributed by atoms with E-state index < -0.39 is 0 Å². The maximum atomic E-state index is 13.7. The molecule has 0 aliphatic rings. The molecule has 0 amide bonds. The third-order valence-electron chi connectivity index (χ3n) is 6.31. The highest BCUT2D eigenvalue weighted by atomic mass is 16.5. The topological polar surface area (TPSA) is 70.7 Å². The Morgan fingerprint density at radius 3 is 2.32 bits per heavy atom. The quantitative estimate of drug-likeness (QED) is 0.351. The molecule has 6 aromatic rings. The Balaban J connectivity index is 1.87. The van der Waals surface area contributed by atoms with Gasteiger partial charge >= 0.3 is 0 Å². The van der Waals surface area contributed by atoms with Gasteiger partial charge in [0.1, 0.15) is 11.2 Å². The second-order valence-electron chi connectivity index (χ2n) is 8.05. The van der Waals surface area contributed by atoms with E-state index >= 15 is 0 Å². The molecule has 6 rings (SSSR count). The van der Waals surface area contributed by atoms with E-state index in [1.54, 1.807) is 14.2 Å². The molecule has 0 aliphatic heterocycles. The summed E-state index contributed by atoms with van der Waals surface area (Å²) in [5, 5.41) is 1.17. The summed E-state index contributed by atoms with van der Waals surface area (Å²) in [7, 11) is 3.22. The molecule has 3 heterocycles. The van der Waals surface area contributed by atoms with Gasteiger partial charge < -0.3 is 14.0 Å². The highest BCUT2D eigenvalue weighted by molar-refractivity contribution is 6.02. The fourth-order valence-corrected chi connectivity index (χ4v) is 4.75. The standard InChI is InChI=1S/C27H22N4O3/c1-4-30-19-11-7-5-9-17(19)24(32)23-26(30)29-25(16-13-14-21(33-2)22(15-16)34-3)31-20-12-8-6-10-18(20)28-27(23)31/h5-15H,4H2,1-3H3. The van der Waals surface area contributed by atoms with Crippen LogP contribution < -0.4 is 14.9 Å². The number of hydrogen-bond acceptors (Lipinski definition) is 5. The molecule has 0 fully saturated rings. The molecule has 3 aromatic heterocycles. The molecular weight excluding hydrogens is 428 g/mol. The zero-order valence-corrected chi connectivity index (χ0v) is 19.1. The Kier molecular flexibility index (Phi) is 4.52. The fourth-order valence-electron chi connectivity index (χ4n) is 4.75. The lowest BCUT2D eigenvalue weighted by molar-refractivity contribution is 0.355. The minimum Gasteiger partial charge on any atom is -0.493 e. The van der Waals surface area contributed by atoms with E-state index in [-0.39, 0.29) is 5.43 Å². The van der Waals surface area contributed by atoms with Crippen molar-refractivity contribution in [3.8, 4) is 22.9 Å². The second kappa shape index (κ2) is 7.59. The Morgan fingerprint density at radius 2 is 1.56 bits per heavy atom. The first-order valence-corrected chi connectivity index (χ1v) is 11.1. The first kappa shape index (κ1) is 20.2. The van der Waals surface area contributed by atoms with Crippen molar-refractivity contribution < 1.29 is 9.47 Å². The number of nitrogens with zero attached hydrogens (tertiary/aromatic N) is 4. The molecule has 3 aromatic carbocycles. The molecule has 0 saturated carbocycles. The maximum Gasteiger partial charge on any atom is 0.202 e. The van der Waals surface area contributed by atoms with Crippen molar-refractivity contribution in [2.45, 2.75) is 13.5 Å². The molecule has 0 spiro atoms. The van der Waals surface area contributed by atoms with Crippen LogP contribution in [0.25, 0.3) is 50.0 Å². The number of hydrogen-bond donors (Lipinski definition) is 0. The van der Waals surface area contributed by atoms with Gasteiger partial charge in [-0.3, -0.25) is 9.20 Å². The molecule has 0 radical (unpaired) electrons. The molecule has 0 N–H and O–H groups in total. The predicted octanol–water partition coefficient (Wildman–Crippen LogP) is 5.05. The number of aryl methyl sites for hydroxylation is 1. The van der Waals surface area contributed by atoms with Crippen LogP contribution in [0.2, 0.25) is 0 Å². The average molecular weight is 450 g/mol. The van der Waals surface area contributed by atoms with Crippen molar-refractivity contribution >= 4 is 38.6 Å². The van der Waals surface area contributed by atoms with Crippen LogP contribution in [0.1, 0.15) is 6.92 Å². The van der Waals surface area contributed by atoms with Gasteiger partial charge in [0, 0.05) is 17.5 Å². The molecule has 7 heteroatoms. The first-order valence-electron chi connectivity index (χ1n) is 11.1. The number of aromatic nitrogens is 4. The number of methoxy groups -OCH3 is 2. The molecular formula is C27H22N4O3. The number of para-hydroxylation sites is 3. The third-order valence-corrected chi connectivity index (χ3v) is 6.31. The lowest BCUT2D eigenvalue weighted by Crippen LogP contribution is -2.15. The van der Waals surface area contributed by atoms with E-state index in [9.17, 15) is 4.79 Å². The van der Waals surface area contributed by atoms with Gasteiger partial charge in [0.15, 0.2) is 22.8 Å². The van der Waals surface area contributed by atoms with E-state index in [4.69, 9.17) is 19.4 Å². The Hall–Kier alpha value is -4.39. The minimum absolute atomic E-state index is 0.0676. The van der Waals surface area contributed by atoms with Gasteiger partial charge in [0.05, 0.1) is 30.8 Å². The van der Waals surface area contributed by atoms with Crippen LogP contribution in [0, 0.1) is 0 Å². The molecule has 0 saturated heterocycles. The van der Waals surface area contributed by atoms with Crippen LogP contribution in [0.3, 0.4) is 0 Å². The van der Waals surface area contributed by atoms with E-state index in [0.717, 1.165) is 22.1 Å². The zero-order valence-electron chi connectivity index (χ0n) is 19.1. The zero-order chi connectivity index (χ0) is 23.4. The highest BCUT2D eigenvalue weighted by Gasteiger charge is 2.21. The second-order valence-corrected chi connectivity index (χ2v) is 8.05. The van der Waals surface area contributed by atoms with E-state index in [2.05, 4.69) is 11.5 Å². The molecule has 0 atom stereocenters. The van der Waals surface area contributed by atoms with Crippen LogP contribution in [-0.4, -0.2) is 33.2 Å². The highest BCUT2D eigenvalue weighted by Crippen LogP contribution is 2.34. The summed E-state index contributed by atoms with van der Waals surface area (Å²) in [6, 6.07) is 21.2. The van der Waals surface area contributed by atoms with Crippen LogP contribution in [0.15, 0.2) is 71.5 Å². The molecule has 168 valence electrons. The molecule has 0 unspecified atom stereocenters. The van der Waals surface area contributed by atoms with E-state index in [0.29, 0.717) is 45.9 Å². The number of benzene rings is 3. The summed E-state index contributed by atoms with van der Waals surface area (Å²) in [4.78, 5) is 23.7. The third kappa shape index (κ3) is 2.73. The van der Waals surface area contributed by atoms with Gasteiger partial charge in [-0.15, -0.1) is 0 Å². The van der Waals surface area contributed by atoms with Gasteiger partial charge in [-0.25, -0.2) is 9.97 Å². The number of imidazole rings is 1. The van der Waals surface area contributed by atoms with Crippen molar-refractivity contribution in [2.24, 2.45) is 0 Å². The number of ether oxygens (including phenoxy) is 2. The van der Waals surface area contributed by atoms with Crippen molar-refractivity contribution in [1.82, 2.24) is 18.9 Å². The smallest absolute Gasteiger partial charge is 0.202 e. The number of rotatable bonds is 4. The maximum absolute atomic E-state index is 13.7. The molecule has 0 aliphatic carbocycles. The van der Waals surface area contributed by atoms with Crippen LogP contribution in [0.4, 0.5) is 0 Å². The minimum atomic E-state index is -0.0676. The normalized spacial score (nSPS) is 11.6. The van der Waals surface area contributed by atoms with Gasteiger partial charge in [0.25, 0.3) is 0 Å². The largest absolute Gasteiger partial charge is 0.493 e. The van der Waals surface area contributed by atoms with E-state index in [1.165, 1.54) is 0 Å². The van der Waals surface area contributed by atoms with Crippen molar-refractivity contribution in [3.05, 3.63) is 77.0 Å². The Morgan fingerprint density at radius 1 is 0.824 bits per heavy atom. The summed E-state index contributed by atoms with van der Waals surface area (Å²) in [6.07, 6.45) is 0. The fraction of sp³-hybridized carbons (Fsp3) is 0.148. The summed E-state index contributed by atoms with van der Waals surface area (Å²) >= 11 is 0. The van der Waals surface area contributed by atoms with Gasteiger partial charge in [-0.1, -0.05) is 24.3 Å². The summed E-state index contributed by atoms with van der Waals surface area (Å²) in [5.41, 5.74) is 4.50. The monoisotopic (exact) mass is 450 g/mol. The number of pyridine rings is 1. The van der Waals surface area contributed by atoms with Crippen LogP contribution in [0.5, 0.6) is 11.5 Å². The van der Waals surface area contributed by atoms with Crippen molar-refractivity contribution in [3.63, 3.8) is 0 Å². The van der Waals surface area contributed by atoms with Crippen molar-refractivity contribution in [1.29, 1.82) is 0 Å². The van der Waals surface area contributed by atoms with Crippen LogP contribution in [-0.2, 0) is 6.54 Å². The Bertz CT molecular complexity index is 1800. The van der Waals surface area contributed by atoms with Gasteiger partial charge in [0.2, 0.25) is 5.43 Å². The SMILES string of the molecule is CCn1c2ccccc2c(=O)c2c1nc(-c1ccc(OC)c(OC)c1)n1c3ccccc3nc21. The van der Waals surface area contributed by atoms with Gasteiger partial charge in [-0.2, -0.15) is 0 Å². The van der Waals surface area contributed by atoms with Gasteiger partial charge in [-0.05, 0) is 49.4 Å². The van der Waals surface area contributed by atoms with Crippen molar-refractivity contribution in [2.75, 3.05) is 14.2 Å². The average Bonchev–Trinajstić information content (AvgIpc) is 3.27.